The minimum absolute atomic E-state index is 0.121. The molecule has 2 heterocycles. The van der Waals surface area contributed by atoms with Gasteiger partial charge >= 0.3 is 5.97 Å². The number of carbonyl (C=O) groups is 2. The average molecular weight is 400 g/mol. The van der Waals surface area contributed by atoms with E-state index in [1.54, 1.807) is 17.0 Å². The summed E-state index contributed by atoms with van der Waals surface area (Å²) in [7, 11) is 0. The predicted octanol–water partition coefficient (Wildman–Crippen LogP) is 5.07. The highest BCUT2D eigenvalue weighted by atomic mass is 16.4. The third kappa shape index (κ3) is 3.66. The molecule has 1 N–H and O–H groups in total. The Balaban J connectivity index is 1.73. The first-order valence-corrected chi connectivity index (χ1v) is 10.1. The van der Waals surface area contributed by atoms with E-state index in [-0.39, 0.29) is 11.5 Å². The van der Waals surface area contributed by atoms with Crippen LogP contribution >= 0.6 is 0 Å². The number of carbonyl (C=O) groups excluding carboxylic acids is 1. The number of hydrogen-bond acceptors (Lipinski definition) is 2. The fraction of sp³-hybridized carbons (Fsp3) is 0.200. The Morgan fingerprint density at radius 1 is 0.933 bits per heavy atom. The summed E-state index contributed by atoms with van der Waals surface area (Å²) in [6, 6.07) is 18.8. The topological polar surface area (TPSA) is 62.5 Å². The smallest absolute Gasteiger partial charge is 0.337 e. The van der Waals surface area contributed by atoms with Crippen LogP contribution in [-0.4, -0.2) is 33.0 Å². The molecule has 152 valence electrons. The third-order valence-electron chi connectivity index (χ3n) is 5.55. The van der Waals surface area contributed by atoms with Crippen molar-refractivity contribution in [2.24, 2.45) is 0 Å². The van der Waals surface area contributed by atoms with Crippen molar-refractivity contribution in [3.63, 3.8) is 0 Å². The summed E-state index contributed by atoms with van der Waals surface area (Å²) < 4.78 is 1.88. The minimum atomic E-state index is -1.01. The Morgan fingerprint density at radius 3 is 2.30 bits per heavy atom. The zero-order valence-electron chi connectivity index (χ0n) is 17.1. The number of amides is 1. The molecule has 0 fully saturated rings. The zero-order chi connectivity index (χ0) is 21.3. The largest absolute Gasteiger partial charge is 0.478 e. The van der Waals surface area contributed by atoms with E-state index in [9.17, 15) is 14.7 Å². The molecule has 30 heavy (non-hydrogen) atoms. The van der Waals surface area contributed by atoms with E-state index in [0.29, 0.717) is 17.8 Å². The van der Waals surface area contributed by atoms with Gasteiger partial charge in [-0.1, -0.05) is 30.3 Å². The second-order valence-corrected chi connectivity index (χ2v) is 7.61. The summed E-state index contributed by atoms with van der Waals surface area (Å²) in [6.07, 6.45) is 3.75. The second kappa shape index (κ2) is 8.03. The van der Waals surface area contributed by atoms with Gasteiger partial charge in [0.25, 0.3) is 5.91 Å². The minimum Gasteiger partial charge on any atom is -0.478 e. The molecule has 2 aromatic carbocycles. The van der Waals surface area contributed by atoms with Crippen molar-refractivity contribution in [2.75, 3.05) is 6.54 Å². The molecule has 3 aromatic rings. The second-order valence-electron chi connectivity index (χ2n) is 7.61. The highest BCUT2D eigenvalue weighted by molar-refractivity contribution is 5.99. The normalized spacial score (nSPS) is 13.8. The van der Waals surface area contributed by atoms with Gasteiger partial charge in [0.15, 0.2) is 0 Å². The maximum Gasteiger partial charge on any atom is 0.337 e. The lowest BCUT2D eigenvalue weighted by Crippen LogP contribution is -2.29. The fourth-order valence-corrected chi connectivity index (χ4v) is 4.03. The van der Waals surface area contributed by atoms with Crippen LogP contribution in [0.3, 0.4) is 0 Å². The Labute approximate surface area is 175 Å². The van der Waals surface area contributed by atoms with Crippen molar-refractivity contribution in [3.8, 4) is 5.69 Å². The van der Waals surface area contributed by atoms with Crippen LogP contribution in [0.1, 0.15) is 50.5 Å². The molecular weight excluding hydrogens is 376 g/mol. The molecule has 5 nitrogen and oxygen atoms in total. The van der Waals surface area contributed by atoms with E-state index in [0.717, 1.165) is 35.4 Å². The predicted molar refractivity (Wildman–Crippen MR) is 117 cm³/mol. The molecule has 0 bridgehead atoms. The maximum atomic E-state index is 13.3. The van der Waals surface area contributed by atoms with Crippen LogP contribution in [0.4, 0.5) is 0 Å². The standard InChI is InChI=1S/C25H24N2O3/c1-17-10-11-18(2)27(17)23-15-20(12-13-22(23)25(29)30)24(28)26-14-6-9-21(16-26)19-7-4-3-5-8-19/h3-5,7-8,10-13,15-16H,6,9,14H2,1-2H3,(H,29,30). The quantitative estimate of drug-likeness (QED) is 0.665. The first-order valence-electron chi connectivity index (χ1n) is 10.1. The summed E-state index contributed by atoms with van der Waals surface area (Å²) in [5.41, 5.74) is 5.26. The number of allylic oxidation sites excluding steroid dienone is 1. The Morgan fingerprint density at radius 2 is 1.63 bits per heavy atom. The Kier molecular flexibility index (Phi) is 5.27. The van der Waals surface area contributed by atoms with E-state index < -0.39 is 5.97 Å². The number of nitrogens with zero attached hydrogens (tertiary/aromatic N) is 2. The van der Waals surface area contributed by atoms with Gasteiger partial charge in [-0.05, 0) is 68.2 Å². The number of rotatable bonds is 4. The number of hydrogen-bond donors (Lipinski definition) is 1. The number of benzene rings is 2. The molecule has 0 unspecified atom stereocenters. The van der Waals surface area contributed by atoms with Crippen LogP contribution in [-0.2, 0) is 0 Å². The number of carboxylic acids is 1. The van der Waals surface area contributed by atoms with E-state index >= 15 is 0 Å². The SMILES string of the molecule is Cc1ccc(C)n1-c1cc(C(=O)N2C=C(c3ccccc3)CCC2)ccc1C(=O)O. The summed E-state index contributed by atoms with van der Waals surface area (Å²) in [6.45, 7) is 4.49. The van der Waals surface area contributed by atoms with Crippen LogP contribution in [0, 0.1) is 13.8 Å². The summed E-state index contributed by atoms with van der Waals surface area (Å²) in [5, 5.41) is 9.67. The van der Waals surface area contributed by atoms with Crippen LogP contribution in [0.15, 0.2) is 66.9 Å². The van der Waals surface area contributed by atoms with Gasteiger partial charge in [0, 0.05) is 29.7 Å². The molecule has 0 radical (unpaired) electrons. The van der Waals surface area contributed by atoms with Crippen molar-refractivity contribution in [2.45, 2.75) is 26.7 Å². The number of aryl methyl sites for hydroxylation is 2. The fourth-order valence-electron chi connectivity index (χ4n) is 4.03. The van der Waals surface area contributed by atoms with Gasteiger partial charge in [-0.15, -0.1) is 0 Å². The number of carboxylic acid groups (broad SMARTS) is 1. The van der Waals surface area contributed by atoms with E-state index in [1.165, 1.54) is 6.07 Å². The molecule has 4 rings (SSSR count). The molecule has 1 aliphatic heterocycles. The van der Waals surface area contributed by atoms with Gasteiger partial charge in [0.2, 0.25) is 0 Å². The third-order valence-corrected chi connectivity index (χ3v) is 5.55. The molecule has 5 heteroatoms. The van der Waals surface area contributed by atoms with E-state index in [1.807, 2.05) is 54.9 Å². The average Bonchev–Trinajstić information content (AvgIpc) is 3.11. The Bertz CT molecular complexity index is 1120. The van der Waals surface area contributed by atoms with Crippen molar-refractivity contribution in [1.82, 2.24) is 9.47 Å². The molecule has 0 saturated carbocycles. The lowest BCUT2D eigenvalue weighted by molar-refractivity contribution is 0.0695. The molecule has 0 atom stereocenters. The van der Waals surface area contributed by atoms with Crippen molar-refractivity contribution < 1.29 is 14.7 Å². The van der Waals surface area contributed by atoms with Crippen molar-refractivity contribution >= 4 is 17.4 Å². The maximum absolute atomic E-state index is 13.3. The molecule has 1 aliphatic rings. The lowest BCUT2D eigenvalue weighted by Gasteiger charge is -2.26. The van der Waals surface area contributed by atoms with Gasteiger partial charge < -0.3 is 14.6 Å². The van der Waals surface area contributed by atoms with Gasteiger partial charge in [-0.2, -0.15) is 0 Å². The number of aromatic nitrogens is 1. The lowest BCUT2D eigenvalue weighted by atomic mass is 9.98. The summed E-state index contributed by atoms with van der Waals surface area (Å²) in [4.78, 5) is 26.8. The number of aromatic carboxylic acids is 1. The molecule has 0 spiro atoms. The first-order chi connectivity index (χ1) is 14.5. The Hall–Kier alpha value is -3.60. The summed E-state index contributed by atoms with van der Waals surface area (Å²) in [5.74, 6) is -1.13. The van der Waals surface area contributed by atoms with Crippen molar-refractivity contribution in [1.29, 1.82) is 0 Å². The highest BCUT2D eigenvalue weighted by Crippen LogP contribution is 2.27. The van der Waals surface area contributed by atoms with Gasteiger partial charge in [-0.25, -0.2) is 4.79 Å². The molecular formula is C25H24N2O3. The molecule has 0 saturated heterocycles. The van der Waals surface area contributed by atoms with Gasteiger partial charge in [0.05, 0.1) is 11.3 Å². The van der Waals surface area contributed by atoms with E-state index in [4.69, 9.17) is 0 Å². The molecule has 0 aliphatic carbocycles. The van der Waals surface area contributed by atoms with Crippen LogP contribution in [0.2, 0.25) is 0 Å². The molecule has 1 aromatic heterocycles. The van der Waals surface area contributed by atoms with Crippen LogP contribution in [0.25, 0.3) is 11.3 Å². The van der Waals surface area contributed by atoms with E-state index in [2.05, 4.69) is 12.1 Å². The van der Waals surface area contributed by atoms with Crippen molar-refractivity contribution in [3.05, 3.63) is 94.9 Å². The highest BCUT2D eigenvalue weighted by Gasteiger charge is 2.22. The van der Waals surface area contributed by atoms with Crippen LogP contribution < -0.4 is 0 Å². The van der Waals surface area contributed by atoms with Gasteiger partial charge in [-0.3, -0.25) is 4.79 Å². The summed E-state index contributed by atoms with van der Waals surface area (Å²) >= 11 is 0. The van der Waals surface area contributed by atoms with Gasteiger partial charge in [0.1, 0.15) is 0 Å². The van der Waals surface area contributed by atoms with Crippen LogP contribution in [0.5, 0.6) is 0 Å². The zero-order valence-corrected chi connectivity index (χ0v) is 17.1. The molecule has 1 amide bonds. The monoisotopic (exact) mass is 400 g/mol. The first kappa shape index (κ1) is 19.7.